The first-order valence-electron chi connectivity index (χ1n) is 5.41. The number of benzene rings is 1. The van der Waals surface area contributed by atoms with E-state index in [0.29, 0.717) is 6.42 Å². The molecule has 1 amide bonds. The van der Waals surface area contributed by atoms with Gasteiger partial charge in [0.05, 0.1) is 6.61 Å². The predicted octanol–water partition coefficient (Wildman–Crippen LogP) is 1.43. The van der Waals surface area contributed by atoms with Crippen molar-refractivity contribution in [2.75, 3.05) is 13.7 Å². The Hall–Kier alpha value is -2.11. The molecule has 0 radical (unpaired) electrons. The van der Waals surface area contributed by atoms with E-state index in [0.717, 1.165) is 18.2 Å². The minimum atomic E-state index is -1.18. The molecule has 6 heteroatoms. The summed E-state index contributed by atoms with van der Waals surface area (Å²) in [4.78, 5) is 21.8. The van der Waals surface area contributed by atoms with Gasteiger partial charge < -0.3 is 15.2 Å². The Balaban J connectivity index is 2.58. The summed E-state index contributed by atoms with van der Waals surface area (Å²) < 4.78 is 18.1. The van der Waals surface area contributed by atoms with Gasteiger partial charge in [0.25, 0.3) is 0 Å². The number of nitrogens with one attached hydrogen (secondary N) is 1. The van der Waals surface area contributed by atoms with Gasteiger partial charge in [-0.15, -0.1) is 0 Å². The summed E-state index contributed by atoms with van der Waals surface area (Å²) in [5, 5.41) is 11.3. The van der Waals surface area contributed by atoms with E-state index in [1.54, 1.807) is 0 Å². The quantitative estimate of drug-likeness (QED) is 0.754. The van der Waals surface area contributed by atoms with Crippen molar-refractivity contribution in [2.45, 2.75) is 12.8 Å². The maximum Gasteiger partial charge on any atom is 0.339 e. The number of carboxylic acid groups (broad SMARTS) is 1. The molecule has 1 aromatic rings. The van der Waals surface area contributed by atoms with E-state index in [-0.39, 0.29) is 30.2 Å². The molecule has 0 spiro atoms. The van der Waals surface area contributed by atoms with Crippen LogP contribution in [-0.2, 0) is 4.79 Å². The molecule has 2 N–H and O–H groups in total. The van der Waals surface area contributed by atoms with Gasteiger partial charge >= 0.3 is 5.97 Å². The van der Waals surface area contributed by atoms with E-state index in [2.05, 4.69) is 5.32 Å². The molecule has 0 aliphatic carbocycles. The third-order valence-corrected chi connectivity index (χ3v) is 2.26. The number of amides is 1. The number of carbonyl (C=O) groups excluding carboxylic acids is 1. The fourth-order valence-corrected chi connectivity index (χ4v) is 1.33. The van der Waals surface area contributed by atoms with Crippen molar-refractivity contribution >= 4 is 11.9 Å². The summed E-state index contributed by atoms with van der Waals surface area (Å²) in [5.41, 5.74) is -0.101. The van der Waals surface area contributed by atoms with Crippen LogP contribution in [-0.4, -0.2) is 30.6 Å². The number of halogens is 1. The highest BCUT2D eigenvalue weighted by atomic mass is 19.1. The third kappa shape index (κ3) is 4.04. The topological polar surface area (TPSA) is 75.6 Å². The van der Waals surface area contributed by atoms with Crippen molar-refractivity contribution in [2.24, 2.45) is 0 Å². The number of carbonyl (C=O) groups is 2. The highest BCUT2D eigenvalue weighted by Gasteiger charge is 2.12. The molecule has 0 aromatic heterocycles. The molecule has 0 heterocycles. The van der Waals surface area contributed by atoms with Gasteiger partial charge in [-0.2, -0.15) is 0 Å². The Morgan fingerprint density at radius 2 is 2.17 bits per heavy atom. The summed E-state index contributed by atoms with van der Waals surface area (Å²) in [7, 11) is 1.53. The first-order valence-corrected chi connectivity index (χ1v) is 5.41. The highest BCUT2D eigenvalue weighted by Crippen LogP contribution is 2.20. The van der Waals surface area contributed by atoms with Crippen LogP contribution in [0.4, 0.5) is 4.39 Å². The summed E-state index contributed by atoms with van der Waals surface area (Å²) >= 11 is 0. The average molecular weight is 255 g/mol. The lowest BCUT2D eigenvalue weighted by atomic mass is 10.2. The van der Waals surface area contributed by atoms with E-state index in [1.165, 1.54) is 7.05 Å². The minimum absolute atomic E-state index is 0.0283. The van der Waals surface area contributed by atoms with E-state index < -0.39 is 11.8 Å². The number of aromatic carboxylic acids is 1. The van der Waals surface area contributed by atoms with Crippen molar-refractivity contribution in [3.63, 3.8) is 0 Å². The smallest absolute Gasteiger partial charge is 0.339 e. The van der Waals surface area contributed by atoms with Crippen LogP contribution in [0, 0.1) is 5.82 Å². The number of ether oxygens (including phenoxy) is 1. The van der Waals surface area contributed by atoms with Crippen molar-refractivity contribution in [1.29, 1.82) is 0 Å². The lowest BCUT2D eigenvalue weighted by Gasteiger charge is -2.08. The molecule has 0 atom stereocenters. The molecular weight excluding hydrogens is 241 g/mol. The maximum atomic E-state index is 13.0. The Bertz CT molecular complexity index is 448. The van der Waals surface area contributed by atoms with Gasteiger partial charge in [-0.1, -0.05) is 0 Å². The summed E-state index contributed by atoms with van der Waals surface area (Å²) in [6.45, 7) is 0.150. The Morgan fingerprint density at radius 3 is 2.78 bits per heavy atom. The number of hydrogen-bond acceptors (Lipinski definition) is 3. The van der Waals surface area contributed by atoms with Gasteiger partial charge in [-0.3, -0.25) is 4.79 Å². The highest BCUT2D eigenvalue weighted by molar-refractivity contribution is 5.90. The van der Waals surface area contributed by atoms with Gasteiger partial charge in [0.15, 0.2) is 0 Å². The summed E-state index contributed by atoms with van der Waals surface area (Å²) in [6.07, 6.45) is 0.698. The van der Waals surface area contributed by atoms with Crippen LogP contribution in [0.15, 0.2) is 18.2 Å². The van der Waals surface area contributed by atoms with E-state index in [4.69, 9.17) is 9.84 Å². The number of rotatable bonds is 6. The molecule has 0 saturated heterocycles. The van der Waals surface area contributed by atoms with Crippen LogP contribution >= 0.6 is 0 Å². The minimum Gasteiger partial charge on any atom is -0.493 e. The van der Waals surface area contributed by atoms with Crippen LogP contribution in [0.5, 0.6) is 5.75 Å². The molecule has 98 valence electrons. The summed E-state index contributed by atoms with van der Waals surface area (Å²) in [6, 6.07) is 3.22. The lowest BCUT2D eigenvalue weighted by Crippen LogP contribution is -2.18. The predicted molar refractivity (Wildman–Crippen MR) is 62.2 cm³/mol. The zero-order valence-electron chi connectivity index (χ0n) is 9.90. The zero-order chi connectivity index (χ0) is 13.5. The molecular formula is C12H14FNO4. The monoisotopic (exact) mass is 255 g/mol. The molecule has 0 bridgehead atoms. The van der Waals surface area contributed by atoms with Crippen LogP contribution in [0.1, 0.15) is 23.2 Å². The van der Waals surface area contributed by atoms with E-state index in [1.807, 2.05) is 0 Å². The molecule has 0 saturated carbocycles. The third-order valence-electron chi connectivity index (χ3n) is 2.26. The molecule has 18 heavy (non-hydrogen) atoms. The van der Waals surface area contributed by atoms with Crippen molar-refractivity contribution in [1.82, 2.24) is 5.32 Å². The number of carboxylic acids is 1. The first kappa shape index (κ1) is 14.0. The van der Waals surface area contributed by atoms with Crippen molar-refractivity contribution < 1.29 is 23.8 Å². The Morgan fingerprint density at radius 1 is 1.44 bits per heavy atom. The Kier molecular flexibility index (Phi) is 5.10. The van der Waals surface area contributed by atoms with Gasteiger partial charge in [0.1, 0.15) is 17.1 Å². The first-order chi connectivity index (χ1) is 8.54. The number of hydrogen-bond donors (Lipinski definition) is 2. The average Bonchev–Trinajstić information content (AvgIpc) is 2.34. The van der Waals surface area contributed by atoms with Crippen LogP contribution < -0.4 is 10.1 Å². The second kappa shape index (κ2) is 6.58. The molecule has 1 aromatic carbocycles. The van der Waals surface area contributed by atoms with E-state index in [9.17, 15) is 14.0 Å². The van der Waals surface area contributed by atoms with Crippen molar-refractivity contribution in [3.8, 4) is 5.75 Å². The van der Waals surface area contributed by atoms with Gasteiger partial charge in [0.2, 0.25) is 5.91 Å². The maximum absolute atomic E-state index is 13.0. The molecule has 0 unspecified atom stereocenters. The zero-order valence-corrected chi connectivity index (χ0v) is 9.90. The van der Waals surface area contributed by atoms with Crippen LogP contribution in [0.3, 0.4) is 0 Å². The second-order valence-corrected chi connectivity index (χ2v) is 3.57. The SMILES string of the molecule is CNC(=O)CCCOc1cc(F)ccc1C(=O)O. The van der Waals surface area contributed by atoms with E-state index >= 15 is 0 Å². The largest absolute Gasteiger partial charge is 0.493 e. The molecule has 0 aliphatic heterocycles. The fourth-order valence-electron chi connectivity index (χ4n) is 1.33. The summed E-state index contributed by atoms with van der Waals surface area (Å²) in [5.74, 6) is -1.91. The molecule has 5 nitrogen and oxygen atoms in total. The fraction of sp³-hybridized carbons (Fsp3) is 0.333. The van der Waals surface area contributed by atoms with Gasteiger partial charge in [0, 0.05) is 19.5 Å². The van der Waals surface area contributed by atoms with Gasteiger partial charge in [-0.25, -0.2) is 9.18 Å². The van der Waals surface area contributed by atoms with Gasteiger partial charge in [-0.05, 0) is 18.6 Å². The van der Waals surface area contributed by atoms with Crippen LogP contribution in [0.2, 0.25) is 0 Å². The van der Waals surface area contributed by atoms with Crippen LogP contribution in [0.25, 0.3) is 0 Å². The second-order valence-electron chi connectivity index (χ2n) is 3.57. The molecule has 0 fully saturated rings. The van der Waals surface area contributed by atoms with Crippen molar-refractivity contribution in [3.05, 3.63) is 29.6 Å². The standard InChI is InChI=1S/C12H14FNO4/c1-14-11(15)3-2-6-18-10-7-8(13)4-5-9(10)12(16)17/h4-5,7H,2-3,6H2,1H3,(H,14,15)(H,16,17). The normalized spacial score (nSPS) is 9.89. The Labute approximate surface area is 104 Å². The molecule has 0 aliphatic rings. The lowest BCUT2D eigenvalue weighted by molar-refractivity contribution is -0.120. The molecule has 1 rings (SSSR count).